The molecular formula is C11H15N2O2+. The minimum atomic E-state index is -0.258. The molecule has 0 saturated carbocycles. The molecular weight excluding hydrogens is 192 g/mol. The summed E-state index contributed by atoms with van der Waals surface area (Å²) in [6, 6.07) is 5.65. The summed E-state index contributed by atoms with van der Waals surface area (Å²) in [6.45, 7) is 3.52. The molecule has 80 valence electrons. The van der Waals surface area contributed by atoms with Gasteiger partial charge in [0.2, 0.25) is 11.9 Å². The van der Waals surface area contributed by atoms with E-state index in [9.17, 15) is 4.79 Å². The van der Waals surface area contributed by atoms with Crippen molar-refractivity contribution in [3.63, 3.8) is 0 Å². The Kier molecular flexibility index (Phi) is 2.85. The Hall–Kier alpha value is -1.58. The highest BCUT2D eigenvalue weighted by Gasteiger charge is 2.23. The van der Waals surface area contributed by atoms with E-state index in [2.05, 4.69) is 0 Å². The molecule has 1 saturated heterocycles. The van der Waals surface area contributed by atoms with Crippen LogP contribution >= 0.6 is 0 Å². The zero-order chi connectivity index (χ0) is 10.7. The van der Waals surface area contributed by atoms with Crippen LogP contribution in [0.5, 0.6) is 0 Å². The van der Waals surface area contributed by atoms with Crippen molar-refractivity contribution in [2.45, 2.75) is 19.8 Å². The summed E-state index contributed by atoms with van der Waals surface area (Å²) in [5, 5.41) is 0. The second kappa shape index (κ2) is 4.29. The van der Waals surface area contributed by atoms with Crippen LogP contribution in [0.4, 0.5) is 4.79 Å². The smallest absolute Gasteiger partial charge is 0.303 e. The van der Waals surface area contributed by atoms with Gasteiger partial charge in [0.25, 0.3) is 0 Å². The first-order valence-electron chi connectivity index (χ1n) is 5.22. The monoisotopic (exact) mass is 207 g/mol. The number of rotatable bonds is 1. The number of carbonyl (C=O) groups excluding carboxylic acids is 1. The van der Waals surface area contributed by atoms with Crippen molar-refractivity contribution in [3.8, 4) is 0 Å². The first-order chi connectivity index (χ1) is 7.27. The van der Waals surface area contributed by atoms with Crippen LogP contribution in [0.25, 0.3) is 0 Å². The van der Waals surface area contributed by atoms with E-state index in [1.54, 1.807) is 11.1 Å². The molecule has 0 atom stereocenters. The van der Waals surface area contributed by atoms with Gasteiger partial charge in [-0.25, -0.2) is 4.79 Å². The Morgan fingerprint density at radius 1 is 1.40 bits per heavy atom. The molecule has 2 rings (SSSR count). The van der Waals surface area contributed by atoms with Crippen LogP contribution in [0.2, 0.25) is 0 Å². The largest absolute Gasteiger partial charge is 0.478 e. The van der Waals surface area contributed by atoms with Gasteiger partial charge in [0.1, 0.15) is 0 Å². The standard InChI is InChI=1S/C11H15N2O2/c1-10-6-2-3-9-13(10)15-11(14)12-7-4-5-8-12/h2-3,6,9H,4-5,7-8H2,1H3/q+1. The second-order valence-electron chi connectivity index (χ2n) is 3.72. The van der Waals surface area contributed by atoms with Crippen molar-refractivity contribution in [1.29, 1.82) is 0 Å². The Morgan fingerprint density at radius 2 is 2.13 bits per heavy atom. The average Bonchev–Trinajstić information content (AvgIpc) is 2.74. The maximum Gasteiger partial charge on any atom is 0.478 e. The van der Waals surface area contributed by atoms with E-state index in [4.69, 9.17) is 4.84 Å². The zero-order valence-corrected chi connectivity index (χ0v) is 8.85. The summed E-state index contributed by atoms with van der Waals surface area (Å²) < 4.78 is 1.50. The normalized spacial score (nSPS) is 15.4. The lowest BCUT2D eigenvalue weighted by Gasteiger charge is -2.10. The van der Waals surface area contributed by atoms with Gasteiger partial charge in [-0.05, 0) is 18.9 Å². The third kappa shape index (κ3) is 2.26. The van der Waals surface area contributed by atoms with Crippen LogP contribution in [0.3, 0.4) is 0 Å². The first kappa shape index (κ1) is 9.96. The topological polar surface area (TPSA) is 33.4 Å². The van der Waals surface area contributed by atoms with Crippen LogP contribution < -0.4 is 9.57 Å². The van der Waals surface area contributed by atoms with Crippen LogP contribution in [0.15, 0.2) is 24.4 Å². The Bertz CT molecular complexity index is 359. The lowest BCUT2D eigenvalue weighted by molar-refractivity contribution is -0.873. The predicted octanol–water partition coefficient (Wildman–Crippen LogP) is 0.927. The van der Waals surface area contributed by atoms with Gasteiger partial charge in [-0.2, -0.15) is 4.84 Å². The van der Waals surface area contributed by atoms with Crippen LogP contribution in [0, 0.1) is 6.92 Å². The molecule has 1 aromatic heterocycles. The third-order valence-electron chi connectivity index (χ3n) is 2.56. The molecule has 15 heavy (non-hydrogen) atoms. The molecule has 1 aliphatic rings. The summed E-state index contributed by atoms with van der Waals surface area (Å²) in [5.74, 6) is 0. The fourth-order valence-electron chi connectivity index (χ4n) is 1.66. The maximum atomic E-state index is 11.6. The van der Waals surface area contributed by atoms with Crippen molar-refractivity contribution < 1.29 is 14.4 Å². The Morgan fingerprint density at radius 3 is 2.80 bits per heavy atom. The lowest BCUT2D eigenvalue weighted by Crippen LogP contribution is -2.51. The van der Waals surface area contributed by atoms with Crippen LogP contribution in [-0.4, -0.2) is 24.1 Å². The van der Waals surface area contributed by atoms with Gasteiger partial charge in [-0.3, -0.25) is 0 Å². The van der Waals surface area contributed by atoms with Gasteiger partial charge < -0.3 is 4.90 Å². The number of hydrogen-bond acceptors (Lipinski definition) is 2. The first-order valence-corrected chi connectivity index (χ1v) is 5.22. The number of nitrogens with zero attached hydrogens (tertiary/aromatic N) is 2. The van der Waals surface area contributed by atoms with E-state index in [-0.39, 0.29) is 6.09 Å². The number of carbonyl (C=O) groups is 1. The Balaban J connectivity index is 2.02. The fraction of sp³-hybridized carbons (Fsp3) is 0.455. The van der Waals surface area contributed by atoms with Gasteiger partial charge in [-0.15, -0.1) is 0 Å². The quantitative estimate of drug-likeness (QED) is 0.642. The van der Waals surface area contributed by atoms with Crippen molar-refractivity contribution >= 4 is 6.09 Å². The minimum absolute atomic E-state index is 0.258. The van der Waals surface area contributed by atoms with Gasteiger partial charge >= 0.3 is 6.09 Å². The van der Waals surface area contributed by atoms with Crippen molar-refractivity contribution in [2.75, 3.05) is 13.1 Å². The van der Waals surface area contributed by atoms with E-state index in [1.807, 2.05) is 25.1 Å². The molecule has 4 nitrogen and oxygen atoms in total. The summed E-state index contributed by atoms with van der Waals surface area (Å²) >= 11 is 0. The molecule has 0 radical (unpaired) electrons. The van der Waals surface area contributed by atoms with Gasteiger partial charge in [0, 0.05) is 36.9 Å². The molecule has 0 aromatic carbocycles. The molecule has 0 N–H and O–H groups in total. The zero-order valence-electron chi connectivity index (χ0n) is 8.85. The molecule has 2 heterocycles. The summed E-state index contributed by atoms with van der Waals surface area (Å²) in [4.78, 5) is 18.6. The van der Waals surface area contributed by atoms with Crippen LogP contribution in [0.1, 0.15) is 18.5 Å². The highest BCUT2D eigenvalue weighted by Crippen LogP contribution is 2.06. The SMILES string of the molecule is Cc1cccc[n+]1OC(=O)N1CCCC1. The highest BCUT2D eigenvalue weighted by molar-refractivity contribution is 5.67. The Labute approximate surface area is 89.0 Å². The number of likely N-dealkylation sites (tertiary alicyclic amines) is 1. The van der Waals surface area contributed by atoms with Crippen LogP contribution in [-0.2, 0) is 0 Å². The maximum absolute atomic E-state index is 11.6. The third-order valence-corrected chi connectivity index (χ3v) is 2.56. The number of amides is 1. The summed E-state index contributed by atoms with van der Waals surface area (Å²) in [6.07, 6.45) is 3.64. The van der Waals surface area contributed by atoms with E-state index >= 15 is 0 Å². The van der Waals surface area contributed by atoms with Gasteiger partial charge in [0.05, 0.1) is 0 Å². The van der Waals surface area contributed by atoms with Crippen molar-refractivity contribution in [3.05, 3.63) is 30.1 Å². The minimum Gasteiger partial charge on any atom is -0.303 e. The molecule has 0 spiro atoms. The predicted molar refractivity (Wildman–Crippen MR) is 54.2 cm³/mol. The van der Waals surface area contributed by atoms with E-state index in [0.29, 0.717) is 0 Å². The molecule has 1 amide bonds. The number of aromatic nitrogens is 1. The molecule has 0 unspecified atom stereocenters. The van der Waals surface area contributed by atoms with E-state index in [1.165, 1.54) is 4.73 Å². The molecule has 1 aromatic rings. The second-order valence-corrected chi connectivity index (χ2v) is 3.72. The van der Waals surface area contributed by atoms with Gasteiger partial charge in [0.15, 0.2) is 0 Å². The number of pyridine rings is 1. The number of aryl methyl sites for hydroxylation is 1. The molecule has 1 aliphatic heterocycles. The molecule has 4 heteroatoms. The average molecular weight is 207 g/mol. The summed E-state index contributed by atoms with van der Waals surface area (Å²) in [5.41, 5.74) is 0.907. The van der Waals surface area contributed by atoms with Crippen molar-refractivity contribution in [2.24, 2.45) is 0 Å². The number of hydrogen-bond donors (Lipinski definition) is 0. The summed E-state index contributed by atoms with van der Waals surface area (Å²) in [7, 11) is 0. The van der Waals surface area contributed by atoms with E-state index in [0.717, 1.165) is 31.6 Å². The highest BCUT2D eigenvalue weighted by atomic mass is 16.7. The lowest BCUT2D eigenvalue weighted by atomic mass is 10.4. The fourth-order valence-corrected chi connectivity index (χ4v) is 1.66. The van der Waals surface area contributed by atoms with E-state index < -0.39 is 0 Å². The molecule has 0 aliphatic carbocycles. The molecule has 0 bridgehead atoms. The van der Waals surface area contributed by atoms with Gasteiger partial charge in [-0.1, -0.05) is 0 Å². The van der Waals surface area contributed by atoms with Crippen molar-refractivity contribution in [1.82, 2.24) is 4.90 Å². The molecule has 1 fully saturated rings.